The molecule has 1 aromatic rings. The molecule has 1 aromatic heterocycles. The minimum absolute atomic E-state index is 0.0230. The molecular formula is C8H9NO. The number of nitrogens with zero attached hydrogens (tertiary/aromatic N) is 1. The third-order valence-corrected chi connectivity index (χ3v) is 1.33. The van der Waals surface area contributed by atoms with Crippen molar-refractivity contribution in [3.05, 3.63) is 36.2 Å². The lowest BCUT2D eigenvalue weighted by atomic mass is 10.1. The maximum absolute atomic E-state index is 8.76. The Labute approximate surface area is 59.9 Å². The van der Waals surface area contributed by atoms with E-state index in [1.807, 2.05) is 6.07 Å². The molecule has 0 aliphatic carbocycles. The van der Waals surface area contributed by atoms with Crippen molar-refractivity contribution >= 4 is 6.08 Å². The summed E-state index contributed by atoms with van der Waals surface area (Å²) in [5, 5.41) is 8.76. The second-order valence-corrected chi connectivity index (χ2v) is 1.94. The molecule has 0 saturated heterocycles. The summed E-state index contributed by atoms with van der Waals surface area (Å²) in [6.07, 6.45) is 5.01. The van der Waals surface area contributed by atoms with Crippen LogP contribution in [0, 0.1) is 0 Å². The van der Waals surface area contributed by atoms with Crippen LogP contribution in [0.3, 0.4) is 0 Å². The van der Waals surface area contributed by atoms with Gasteiger partial charge in [0.1, 0.15) is 0 Å². The molecule has 2 heteroatoms. The minimum atomic E-state index is 0.0230. The molecule has 2 nitrogen and oxygen atoms in total. The zero-order valence-corrected chi connectivity index (χ0v) is 5.62. The average Bonchev–Trinajstić information content (AvgIpc) is 2.04. The second kappa shape index (κ2) is 3.13. The summed E-state index contributed by atoms with van der Waals surface area (Å²) in [7, 11) is 0. The number of pyridine rings is 1. The van der Waals surface area contributed by atoms with E-state index in [1.54, 1.807) is 18.5 Å². The molecule has 0 saturated carbocycles. The van der Waals surface area contributed by atoms with Crippen molar-refractivity contribution in [2.75, 3.05) is 0 Å². The van der Waals surface area contributed by atoms with Crippen LogP contribution in [0.15, 0.2) is 25.0 Å². The molecule has 0 aromatic carbocycles. The lowest BCUT2D eigenvalue weighted by molar-refractivity contribution is 0.281. The van der Waals surface area contributed by atoms with Gasteiger partial charge in [0.05, 0.1) is 6.61 Å². The largest absolute Gasteiger partial charge is 0.392 e. The zero-order valence-electron chi connectivity index (χ0n) is 5.62. The molecule has 0 radical (unpaired) electrons. The monoisotopic (exact) mass is 135 g/mol. The highest BCUT2D eigenvalue weighted by molar-refractivity contribution is 5.50. The van der Waals surface area contributed by atoms with Crippen LogP contribution in [-0.2, 0) is 6.61 Å². The summed E-state index contributed by atoms with van der Waals surface area (Å²) in [6.45, 7) is 3.62. The van der Waals surface area contributed by atoms with Gasteiger partial charge in [0.2, 0.25) is 0 Å². The Hall–Kier alpha value is -1.15. The number of hydrogen-bond acceptors (Lipinski definition) is 2. The number of rotatable bonds is 2. The van der Waals surface area contributed by atoms with Gasteiger partial charge >= 0.3 is 0 Å². The number of aliphatic hydroxyl groups is 1. The van der Waals surface area contributed by atoms with Crippen molar-refractivity contribution in [2.24, 2.45) is 0 Å². The van der Waals surface area contributed by atoms with Crippen molar-refractivity contribution in [3.63, 3.8) is 0 Å². The second-order valence-electron chi connectivity index (χ2n) is 1.94. The minimum Gasteiger partial charge on any atom is -0.392 e. The molecular weight excluding hydrogens is 126 g/mol. The summed E-state index contributed by atoms with van der Waals surface area (Å²) in [5.41, 5.74) is 1.76. The molecule has 0 aliphatic heterocycles. The lowest BCUT2D eigenvalue weighted by Crippen LogP contribution is -1.88. The first kappa shape index (κ1) is 6.96. The molecule has 0 spiro atoms. The van der Waals surface area contributed by atoms with E-state index >= 15 is 0 Å². The van der Waals surface area contributed by atoms with Crippen LogP contribution in [0.1, 0.15) is 11.1 Å². The van der Waals surface area contributed by atoms with Crippen LogP contribution in [0.4, 0.5) is 0 Å². The van der Waals surface area contributed by atoms with Crippen molar-refractivity contribution in [1.29, 1.82) is 0 Å². The van der Waals surface area contributed by atoms with Gasteiger partial charge < -0.3 is 5.11 Å². The molecule has 0 amide bonds. The molecule has 0 unspecified atom stereocenters. The van der Waals surface area contributed by atoms with E-state index in [0.717, 1.165) is 11.1 Å². The maximum Gasteiger partial charge on any atom is 0.0702 e. The van der Waals surface area contributed by atoms with Crippen LogP contribution < -0.4 is 0 Å². The van der Waals surface area contributed by atoms with E-state index in [2.05, 4.69) is 11.6 Å². The van der Waals surface area contributed by atoms with E-state index < -0.39 is 0 Å². The lowest BCUT2D eigenvalue weighted by Gasteiger charge is -1.98. The van der Waals surface area contributed by atoms with Gasteiger partial charge in [-0.1, -0.05) is 12.7 Å². The summed E-state index contributed by atoms with van der Waals surface area (Å²) >= 11 is 0. The Bertz CT molecular complexity index is 232. The van der Waals surface area contributed by atoms with Gasteiger partial charge in [-0.05, 0) is 11.6 Å². The molecule has 52 valence electrons. The first-order valence-electron chi connectivity index (χ1n) is 3.04. The Morgan fingerprint density at radius 3 is 3.00 bits per heavy atom. The zero-order chi connectivity index (χ0) is 7.40. The highest BCUT2D eigenvalue weighted by Crippen LogP contribution is 2.06. The topological polar surface area (TPSA) is 33.1 Å². The van der Waals surface area contributed by atoms with Gasteiger partial charge in [-0.3, -0.25) is 4.98 Å². The molecule has 1 rings (SSSR count). The van der Waals surface area contributed by atoms with Gasteiger partial charge in [0.25, 0.3) is 0 Å². The maximum atomic E-state index is 8.76. The predicted octanol–water partition coefficient (Wildman–Crippen LogP) is 1.22. The van der Waals surface area contributed by atoms with Gasteiger partial charge in [-0.25, -0.2) is 0 Å². The van der Waals surface area contributed by atoms with Crippen molar-refractivity contribution in [3.8, 4) is 0 Å². The molecule has 0 fully saturated rings. The highest BCUT2D eigenvalue weighted by atomic mass is 16.3. The SMILES string of the molecule is C=Cc1ccncc1CO. The van der Waals surface area contributed by atoms with Gasteiger partial charge in [0, 0.05) is 18.0 Å². The molecule has 0 aliphatic rings. The first-order valence-corrected chi connectivity index (χ1v) is 3.04. The first-order chi connectivity index (χ1) is 4.88. The van der Waals surface area contributed by atoms with Crippen molar-refractivity contribution < 1.29 is 5.11 Å². The van der Waals surface area contributed by atoms with Gasteiger partial charge in [0.15, 0.2) is 0 Å². The standard InChI is InChI=1S/C8H9NO/c1-2-7-3-4-9-5-8(7)6-10/h2-5,10H,1,6H2. The van der Waals surface area contributed by atoms with Crippen molar-refractivity contribution in [2.45, 2.75) is 6.61 Å². The Morgan fingerprint density at radius 1 is 1.70 bits per heavy atom. The van der Waals surface area contributed by atoms with Crippen LogP contribution in [-0.4, -0.2) is 10.1 Å². The Morgan fingerprint density at radius 2 is 2.50 bits per heavy atom. The molecule has 10 heavy (non-hydrogen) atoms. The summed E-state index contributed by atoms with van der Waals surface area (Å²) in [5.74, 6) is 0. The van der Waals surface area contributed by atoms with Crippen LogP contribution >= 0.6 is 0 Å². The summed E-state index contributed by atoms with van der Waals surface area (Å²) in [4.78, 5) is 3.86. The molecule has 1 heterocycles. The highest BCUT2D eigenvalue weighted by Gasteiger charge is 1.93. The third-order valence-electron chi connectivity index (χ3n) is 1.33. The van der Waals surface area contributed by atoms with Crippen molar-refractivity contribution in [1.82, 2.24) is 4.98 Å². The molecule has 0 atom stereocenters. The Kier molecular flexibility index (Phi) is 2.18. The van der Waals surface area contributed by atoms with E-state index in [9.17, 15) is 0 Å². The quantitative estimate of drug-likeness (QED) is 0.661. The fourth-order valence-corrected chi connectivity index (χ4v) is 0.769. The van der Waals surface area contributed by atoms with E-state index in [1.165, 1.54) is 0 Å². The molecule has 0 bridgehead atoms. The van der Waals surface area contributed by atoms with Gasteiger partial charge in [-0.2, -0.15) is 0 Å². The number of aliphatic hydroxyl groups excluding tert-OH is 1. The normalized spacial score (nSPS) is 9.30. The third kappa shape index (κ3) is 1.22. The summed E-state index contributed by atoms with van der Waals surface area (Å²) in [6, 6.07) is 1.82. The smallest absolute Gasteiger partial charge is 0.0702 e. The number of hydrogen-bond donors (Lipinski definition) is 1. The van der Waals surface area contributed by atoms with E-state index in [-0.39, 0.29) is 6.61 Å². The fourth-order valence-electron chi connectivity index (χ4n) is 0.769. The van der Waals surface area contributed by atoms with Crippen LogP contribution in [0.25, 0.3) is 6.08 Å². The summed E-state index contributed by atoms with van der Waals surface area (Å²) < 4.78 is 0. The Balaban J connectivity index is 3.08. The average molecular weight is 135 g/mol. The number of aromatic nitrogens is 1. The van der Waals surface area contributed by atoms with E-state index in [4.69, 9.17) is 5.11 Å². The van der Waals surface area contributed by atoms with Crippen LogP contribution in [0.5, 0.6) is 0 Å². The van der Waals surface area contributed by atoms with Crippen LogP contribution in [0.2, 0.25) is 0 Å². The van der Waals surface area contributed by atoms with Gasteiger partial charge in [-0.15, -0.1) is 0 Å². The fraction of sp³-hybridized carbons (Fsp3) is 0.125. The predicted molar refractivity (Wildman–Crippen MR) is 40.3 cm³/mol. The van der Waals surface area contributed by atoms with E-state index in [0.29, 0.717) is 0 Å². The molecule has 1 N–H and O–H groups in total.